The first kappa shape index (κ1) is 19.7. The molecule has 138 valence electrons. The first-order valence-electron chi connectivity index (χ1n) is 8.60. The zero-order chi connectivity index (χ0) is 19.1. The van der Waals surface area contributed by atoms with Crippen molar-refractivity contribution in [3.63, 3.8) is 0 Å². The number of hydrogen-bond donors (Lipinski definition) is 2. The predicted octanol–water partition coefficient (Wildman–Crippen LogP) is 3.98. The maximum absolute atomic E-state index is 12.3. The van der Waals surface area contributed by atoms with Crippen LogP contribution in [-0.4, -0.2) is 31.2 Å². The number of methoxy groups -OCH3 is 1. The average molecular weight is 372 g/mol. The molecule has 0 bridgehead atoms. The smallest absolute Gasteiger partial charge is 0.257 e. The number of carbonyl (C=O) groups is 1. The van der Waals surface area contributed by atoms with Crippen molar-refractivity contribution in [3.05, 3.63) is 53.6 Å². The van der Waals surface area contributed by atoms with Crippen LogP contribution in [0.4, 0.5) is 11.4 Å². The van der Waals surface area contributed by atoms with Gasteiger partial charge < -0.3 is 15.0 Å². The second kappa shape index (κ2) is 9.20. The third kappa shape index (κ3) is 4.95. The maximum atomic E-state index is 12.3. The number of ether oxygens (including phenoxy) is 1. The zero-order valence-electron chi connectivity index (χ0n) is 15.6. The molecule has 0 saturated heterocycles. The molecule has 0 spiro atoms. The molecule has 2 aromatic rings. The van der Waals surface area contributed by atoms with Crippen LogP contribution >= 0.6 is 12.2 Å². The van der Waals surface area contributed by atoms with Gasteiger partial charge in [-0.2, -0.15) is 0 Å². The highest BCUT2D eigenvalue weighted by atomic mass is 32.1. The van der Waals surface area contributed by atoms with Crippen molar-refractivity contribution in [1.82, 2.24) is 5.32 Å². The van der Waals surface area contributed by atoms with E-state index in [0.29, 0.717) is 11.3 Å². The first-order chi connectivity index (χ1) is 12.5. The van der Waals surface area contributed by atoms with Crippen LogP contribution < -0.4 is 20.3 Å². The van der Waals surface area contributed by atoms with Gasteiger partial charge in [0.1, 0.15) is 5.75 Å². The molecule has 0 aliphatic heterocycles. The Kier molecular flexibility index (Phi) is 6.97. The molecule has 26 heavy (non-hydrogen) atoms. The van der Waals surface area contributed by atoms with Crippen LogP contribution in [0.2, 0.25) is 0 Å². The molecule has 0 saturated carbocycles. The lowest BCUT2D eigenvalue weighted by Gasteiger charge is -2.22. The monoisotopic (exact) mass is 371 g/mol. The number of carbonyl (C=O) groups excluding carboxylic acids is 1. The summed E-state index contributed by atoms with van der Waals surface area (Å²) in [6, 6.07) is 13.0. The Morgan fingerprint density at radius 3 is 2.31 bits per heavy atom. The largest absolute Gasteiger partial charge is 0.497 e. The fourth-order valence-electron chi connectivity index (χ4n) is 2.64. The van der Waals surface area contributed by atoms with Gasteiger partial charge >= 0.3 is 0 Å². The van der Waals surface area contributed by atoms with Crippen LogP contribution in [-0.2, 0) is 0 Å². The minimum absolute atomic E-state index is 0.262. The molecule has 6 heteroatoms. The molecule has 0 unspecified atom stereocenters. The Labute approximate surface area is 160 Å². The number of anilines is 2. The van der Waals surface area contributed by atoms with Gasteiger partial charge in [-0.15, -0.1) is 0 Å². The SMILES string of the molecule is CCN(CC)c1ccc(NC(=S)NC(=O)c2ccc(OC)cc2)c(C)c1. The van der Waals surface area contributed by atoms with Gasteiger partial charge in [0.05, 0.1) is 7.11 Å². The van der Waals surface area contributed by atoms with Crippen LogP contribution in [0.3, 0.4) is 0 Å². The first-order valence-corrected chi connectivity index (χ1v) is 9.01. The van der Waals surface area contributed by atoms with Gasteiger partial charge in [0.15, 0.2) is 5.11 Å². The maximum Gasteiger partial charge on any atom is 0.257 e. The molecule has 2 rings (SSSR count). The van der Waals surface area contributed by atoms with E-state index in [4.69, 9.17) is 17.0 Å². The zero-order valence-corrected chi connectivity index (χ0v) is 16.4. The van der Waals surface area contributed by atoms with Gasteiger partial charge in [-0.3, -0.25) is 10.1 Å². The standard InChI is InChI=1S/C20H25N3O2S/c1-5-23(6-2)16-9-12-18(14(3)13-16)21-20(26)22-19(24)15-7-10-17(25-4)11-8-15/h7-13H,5-6H2,1-4H3,(H2,21,22,24,26). The summed E-state index contributed by atoms with van der Waals surface area (Å²) in [6.45, 7) is 8.20. The number of benzene rings is 2. The number of amides is 1. The summed E-state index contributed by atoms with van der Waals surface area (Å²) >= 11 is 5.27. The number of hydrogen-bond acceptors (Lipinski definition) is 4. The minimum Gasteiger partial charge on any atom is -0.497 e. The lowest BCUT2D eigenvalue weighted by molar-refractivity contribution is 0.0977. The predicted molar refractivity (Wildman–Crippen MR) is 111 cm³/mol. The van der Waals surface area contributed by atoms with Crippen LogP contribution in [0, 0.1) is 6.92 Å². The van der Waals surface area contributed by atoms with Crippen molar-refractivity contribution < 1.29 is 9.53 Å². The van der Waals surface area contributed by atoms with Crippen molar-refractivity contribution in [2.45, 2.75) is 20.8 Å². The van der Waals surface area contributed by atoms with Crippen LogP contribution in [0.5, 0.6) is 5.75 Å². The quantitative estimate of drug-likeness (QED) is 0.753. The van der Waals surface area contributed by atoms with E-state index in [1.165, 1.54) is 5.69 Å². The average Bonchev–Trinajstić information content (AvgIpc) is 2.65. The van der Waals surface area contributed by atoms with Gasteiger partial charge in [-0.05, 0) is 81.0 Å². The molecule has 0 aliphatic rings. The number of nitrogens with zero attached hydrogens (tertiary/aromatic N) is 1. The Balaban J connectivity index is 2.01. The fourth-order valence-corrected chi connectivity index (χ4v) is 2.85. The molecule has 5 nitrogen and oxygen atoms in total. The van der Waals surface area contributed by atoms with Crippen molar-refractivity contribution >= 4 is 34.6 Å². The van der Waals surface area contributed by atoms with Gasteiger partial charge in [0.25, 0.3) is 5.91 Å². The third-order valence-electron chi connectivity index (χ3n) is 4.17. The second-order valence-electron chi connectivity index (χ2n) is 5.81. The summed E-state index contributed by atoms with van der Waals surface area (Å²) in [7, 11) is 1.59. The van der Waals surface area contributed by atoms with Gasteiger partial charge in [-0.1, -0.05) is 0 Å². The summed E-state index contributed by atoms with van der Waals surface area (Å²) in [5.41, 5.74) is 3.63. The highest BCUT2D eigenvalue weighted by Crippen LogP contribution is 2.22. The molecule has 0 heterocycles. The number of thiocarbonyl (C=S) groups is 1. The van der Waals surface area contributed by atoms with E-state index in [1.54, 1.807) is 31.4 Å². The Hall–Kier alpha value is -2.60. The van der Waals surface area contributed by atoms with Crippen LogP contribution in [0.25, 0.3) is 0 Å². The Morgan fingerprint density at radius 2 is 1.77 bits per heavy atom. The lowest BCUT2D eigenvalue weighted by Crippen LogP contribution is -2.34. The van der Waals surface area contributed by atoms with Crippen LogP contribution in [0.1, 0.15) is 29.8 Å². The molecule has 0 atom stereocenters. The van der Waals surface area contributed by atoms with E-state index in [-0.39, 0.29) is 11.0 Å². The molecular formula is C20H25N3O2S. The molecule has 2 aromatic carbocycles. The summed E-state index contributed by atoms with van der Waals surface area (Å²) in [4.78, 5) is 14.5. The normalized spacial score (nSPS) is 10.2. The second-order valence-corrected chi connectivity index (χ2v) is 6.22. The summed E-state index contributed by atoms with van der Waals surface area (Å²) in [5, 5.41) is 6.06. The lowest BCUT2D eigenvalue weighted by atomic mass is 10.1. The minimum atomic E-state index is -0.262. The van der Waals surface area contributed by atoms with Crippen molar-refractivity contribution in [2.75, 3.05) is 30.4 Å². The molecular weight excluding hydrogens is 346 g/mol. The molecule has 2 N–H and O–H groups in total. The molecule has 1 amide bonds. The van der Waals surface area contributed by atoms with E-state index in [2.05, 4.69) is 41.5 Å². The number of aryl methyl sites for hydroxylation is 1. The van der Waals surface area contributed by atoms with E-state index >= 15 is 0 Å². The summed E-state index contributed by atoms with van der Waals surface area (Å²) in [5.74, 6) is 0.439. The third-order valence-corrected chi connectivity index (χ3v) is 4.37. The topological polar surface area (TPSA) is 53.6 Å². The van der Waals surface area contributed by atoms with E-state index in [9.17, 15) is 4.79 Å². The van der Waals surface area contributed by atoms with E-state index in [1.807, 2.05) is 13.0 Å². The van der Waals surface area contributed by atoms with E-state index in [0.717, 1.165) is 24.3 Å². The van der Waals surface area contributed by atoms with Gasteiger partial charge in [0.2, 0.25) is 0 Å². The highest BCUT2D eigenvalue weighted by molar-refractivity contribution is 7.80. The summed E-state index contributed by atoms with van der Waals surface area (Å²) < 4.78 is 5.09. The number of rotatable bonds is 6. The van der Waals surface area contributed by atoms with Gasteiger partial charge in [0, 0.05) is 30.0 Å². The number of nitrogens with one attached hydrogen (secondary N) is 2. The highest BCUT2D eigenvalue weighted by Gasteiger charge is 2.10. The van der Waals surface area contributed by atoms with Gasteiger partial charge in [-0.25, -0.2) is 0 Å². The van der Waals surface area contributed by atoms with Crippen molar-refractivity contribution in [2.24, 2.45) is 0 Å². The molecule has 0 aromatic heterocycles. The van der Waals surface area contributed by atoms with Crippen LogP contribution in [0.15, 0.2) is 42.5 Å². The Morgan fingerprint density at radius 1 is 1.12 bits per heavy atom. The molecule has 0 radical (unpaired) electrons. The van der Waals surface area contributed by atoms with E-state index < -0.39 is 0 Å². The van der Waals surface area contributed by atoms with Crippen molar-refractivity contribution in [3.8, 4) is 5.75 Å². The molecule has 0 fully saturated rings. The Bertz CT molecular complexity index is 771. The fraction of sp³-hybridized carbons (Fsp3) is 0.300. The summed E-state index contributed by atoms with van der Waals surface area (Å²) in [6.07, 6.45) is 0. The molecule has 0 aliphatic carbocycles. The van der Waals surface area contributed by atoms with Crippen molar-refractivity contribution in [1.29, 1.82) is 0 Å².